The number of para-hydroxylation sites is 1. The zero-order chi connectivity index (χ0) is 23.8. The molecule has 0 saturated heterocycles. The van der Waals surface area contributed by atoms with Crippen molar-refractivity contribution in [2.45, 2.75) is 18.8 Å². The number of allylic oxidation sites excluding steroid dienone is 5. The molecule has 2 N–H and O–H groups in total. The average Bonchev–Trinajstić information content (AvgIpc) is 2.87. The van der Waals surface area contributed by atoms with E-state index in [4.69, 9.17) is 24.4 Å². The summed E-state index contributed by atoms with van der Waals surface area (Å²) in [5.74, 6) is 1.05. The first-order valence-corrected chi connectivity index (χ1v) is 10.8. The Labute approximate surface area is 196 Å². The van der Waals surface area contributed by atoms with E-state index in [9.17, 15) is 10.1 Å². The maximum absolute atomic E-state index is 13.1. The van der Waals surface area contributed by atoms with Gasteiger partial charge in [0.2, 0.25) is 5.88 Å². The molecule has 5 rings (SSSR count). The minimum atomic E-state index is -0.755. The highest BCUT2D eigenvalue weighted by Crippen LogP contribution is 2.45. The van der Waals surface area contributed by atoms with E-state index < -0.39 is 11.5 Å². The lowest BCUT2D eigenvalue weighted by Crippen LogP contribution is -2.26. The van der Waals surface area contributed by atoms with Gasteiger partial charge in [0, 0.05) is 12.0 Å². The summed E-state index contributed by atoms with van der Waals surface area (Å²) >= 11 is 0. The first kappa shape index (κ1) is 21.4. The monoisotopic (exact) mass is 454 g/mol. The van der Waals surface area contributed by atoms with Gasteiger partial charge in [-0.25, -0.2) is 4.79 Å². The van der Waals surface area contributed by atoms with E-state index in [-0.39, 0.29) is 17.0 Å². The highest BCUT2D eigenvalue weighted by molar-refractivity contribution is 5.86. The standard InChI is InChI=1S/C27H22N2O5/c1-31-17-7-5-6-15(12-17)19-13-16(10-11-21(19)32-2)23-20(14-28)26(29)34-25-18-8-3-4-9-22(18)33-27(30)24(23)25/h3-4,6,8-13,23H,5,7,29H2,1-2H3. The molecular weight excluding hydrogens is 432 g/mol. The molecule has 0 saturated carbocycles. The van der Waals surface area contributed by atoms with Crippen molar-refractivity contribution in [1.29, 1.82) is 5.26 Å². The SMILES string of the molecule is COC1=CC(c2cc(C3C(C#N)=C(N)Oc4c3c(=O)oc3ccccc43)ccc2OC)=CCC1. The number of nitrogens with two attached hydrogens (primary N) is 1. The van der Waals surface area contributed by atoms with Crippen LogP contribution in [0.3, 0.4) is 0 Å². The molecule has 2 aromatic carbocycles. The molecule has 0 radical (unpaired) electrons. The topological polar surface area (TPSA) is 108 Å². The quantitative estimate of drug-likeness (QED) is 0.568. The number of hydrogen-bond acceptors (Lipinski definition) is 7. The zero-order valence-electron chi connectivity index (χ0n) is 18.8. The van der Waals surface area contributed by atoms with Gasteiger partial charge in [0.15, 0.2) is 5.75 Å². The number of nitrogens with zero attached hydrogens (tertiary/aromatic N) is 1. The largest absolute Gasteiger partial charge is 0.501 e. The lowest BCUT2D eigenvalue weighted by Gasteiger charge is -2.26. The molecule has 7 heteroatoms. The fraction of sp³-hybridized carbons (Fsp3) is 0.185. The van der Waals surface area contributed by atoms with E-state index in [1.165, 1.54) is 0 Å². The smallest absolute Gasteiger partial charge is 0.344 e. The Balaban J connectivity index is 1.75. The molecule has 0 fully saturated rings. The van der Waals surface area contributed by atoms with Crippen LogP contribution in [0.15, 0.2) is 81.0 Å². The predicted octanol–water partition coefficient (Wildman–Crippen LogP) is 4.73. The van der Waals surface area contributed by atoms with Gasteiger partial charge in [-0.1, -0.05) is 24.3 Å². The van der Waals surface area contributed by atoms with E-state index in [0.29, 0.717) is 28.0 Å². The van der Waals surface area contributed by atoms with Gasteiger partial charge in [-0.05, 0) is 47.9 Å². The van der Waals surface area contributed by atoms with Crippen molar-refractivity contribution < 1.29 is 18.6 Å². The summed E-state index contributed by atoms with van der Waals surface area (Å²) < 4.78 is 22.5. The van der Waals surface area contributed by atoms with Gasteiger partial charge in [0.1, 0.15) is 23.0 Å². The molecule has 0 bridgehead atoms. The highest BCUT2D eigenvalue weighted by atomic mass is 16.5. The molecule has 3 aromatic rings. The van der Waals surface area contributed by atoms with Gasteiger partial charge < -0.3 is 24.4 Å². The Morgan fingerprint density at radius 1 is 1.15 bits per heavy atom. The summed E-state index contributed by atoms with van der Waals surface area (Å²) in [5.41, 5.74) is 8.85. The van der Waals surface area contributed by atoms with Crippen LogP contribution in [0.2, 0.25) is 0 Å². The summed E-state index contributed by atoms with van der Waals surface area (Å²) in [6.07, 6.45) is 5.73. The van der Waals surface area contributed by atoms with Crippen molar-refractivity contribution >= 4 is 16.5 Å². The number of ether oxygens (including phenoxy) is 3. The second-order valence-corrected chi connectivity index (χ2v) is 8.03. The van der Waals surface area contributed by atoms with E-state index in [2.05, 4.69) is 12.1 Å². The Bertz CT molecular complexity index is 1500. The van der Waals surface area contributed by atoms with Gasteiger partial charge in [0.25, 0.3) is 0 Å². The van der Waals surface area contributed by atoms with Crippen LogP contribution in [0, 0.1) is 11.3 Å². The second kappa shape index (κ2) is 8.49. The molecular formula is C27H22N2O5. The third-order valence-corrected chi connectivity index (χ3v) is 6.18. The maximum atomic E-state index is 13.1. The van der Waals surface area contributed by atoms with Crippen LogP contribution < -0.4 is 20.8 Å². The van der Waals surface area contributed by atoms with Crippen LogP contribution in [0.25, 0.3) is 16.5 Å². The first-order chi connectivity index (χ1) is 16.5. The average molecular weight is 454 g/mol. The highest BCUT2D eigenvalue weighted by Gasteiger charge is 2.36. The van der Waals surface area contributed by atoms with Crippen molar-refractivity contribution in [3.05, 3.63) is 98.9 Å². The predicted molar refractivity (Wildman–Crippen MR) is 127 cm³/mol. The summed E-state index contributed by atoms with van der Waals surface area (Å²) in [7, 11) is 3.25. The molecule has 1 atom stereocenters. The van der Waals surface area contributed by atoms with E-state index in [1.807, 2.05) is 30.3 Å². The van der Waals surface area contributed by atoms with Crippen LogP contribution in [0.5, 0.6) is 11.5 Å². The zero-order valence-corrected chi connectivity index (χ0v) is 18.8. The molecule has 1 aliphatic heterocycles. The molecule has 0 spiro atoms. The molecule has 2 heterocycles. The molecule has 2 aliphatic rings. The molecule has 0 amide bonds. The number of methoxy groups -OCH3 is 2. The Hall–Kier alpha value is -4.44. The fourth-order valence-corrected chi connectivity index (χ4v) is 4.55. The third-order valence-electron chi connectivity index (χ3n) is 6.18. The summed E-state index contributed by atoms with van der Waals surface area (Å²) in [6.45, 7) is 0. The van der Waals surface area contributed by atoms with Crippen molar-refractivity contribution in [1.82, 2.24) is 0 Å². The van der Waals surface area contributed by atoms with Gasteiger partial charge in [-0.3, -0.25) is 0 Å². The second-order valence-electron chi connectivity index (χ2n) is 8.03. The van der Waals surface area contributed by atoms with Crippen molar-refractivity contribution in [3.63, 3.8) is 0 Å². The first-order valence-electron chi connectivity index (χ1n) is 10.8. The molecule has 1 aliphatic carbocycles. The molecule has 170 valence electrons. The minimum Gasteiger partial charge on any atom is -0.501 e. The number of rotatable bonds is 4. The summed E-state index contributed by atoms with van der Waals surface area (Å²) in [5, 5.41) is 10.6. The van der Waals surface area contributed by atoms with Crippen LogP contribution in [-0.2, 0) is 4.74 Å². The van der Waals surface area contributed by atoms with Crippen LogP contribution in [-0.4, -0.2) is 14.2 Å². The maximum Gasteiger partial charge on any atom is 0.344 e. The molecule has 34 heavy (non-hydrogen) atoms. The number of benzene rings is 2. The number of hydrogen-bond donors (Lipinski definition) is 1. The van der Waals surface area contributed by atoms with Crippen LogP contribution in [0.4, 0.5) is 0 Å². The van der Waals surface area contributed by atoms with Crippen LogP contribution in [0.1, 0.15) is 35.4 Å². The minimum absolute atomic E-state index is 0.0356. The summed E-state index contributed by atoms with van der Waals surface area (Å²) in [4.78, 5) is 13.1. The molecule has 1 unspecified atom stereocenters. The van der Waals surface area contributed by atoms with Gasteiger partial charge in [-0.2, -0.15) is 5.26 Å². The molecule has 1 aromatic heterocycles. The fourth-order valence-electron chi connectivity index (χ4n) is 4.55. The van der Waals surface area contributed by atoms with E-state index >= 15 is 0 Å². The molecule has 7 nitrogen and oxygen atoms in total. The third kappa shape index (κ3) is 3.41. The lowest BCUT2D eigenvalue weighted by atomic mass is 9.82. The summed E-state index contributed by atoms with van der Waals surface area (Å²) in [6, 6.07) is 14.8. The van der Waals surface area contributed by atoms with Gasteiger partial charge >= 0.3 is 5.63 Å². The Morgan fingerprint density at radius 2 is 1.97 bits per heavy atom. The normalized spacial score (nSPS) is 17.3. The van der Waals surface area contributed by atoms with Crippen LogP contribution >= 0.6 is 0 Å². The van der Waals surface area contributed by atoms with Crippen molar-refractivity contribution in [2.75, 3.05) is 14.2 Å². The van der Waals surface area contributed by atoms with Gasteiger partial charge in [-0.15, -0.1) is 0 Å². The van der Waals surface area contributed by atoms with Gasteiger partial charge in [0.05, 0.1) is 36.8 Å². The van der Waals surface area contributed by atoms with E-state index in [1.54, 1.807) is 32.4 Å². The number of nitriles is 1. The Morgan fingerprint density at radius 3 is 2.74 bits per heavy atom. The number of fused-ring (bicyclic) bond motifs is 3. The van der Waals surface area contributed by atoms with E-state index in [0.717, 1.165) is 29.7 Å². The van der Waals surface area contributed by atoms with Crippen molar-refractivity contribution in [2.24, 2.45) is 5.73 Å². The Kier molecular flexibility index (Phi) is 5.34. The lowest BCUT2D eigenvalue weighted by molar-refractivity contribution is 0.277. The van der Waals surface area contributed by atoms with Crippen molar-refractivity contribution in [3.8, 4) is 17.6 Å².